The zero-order chi connectivity index (χ0) is 16.7. The first-order valence-corrected chi connectivity index (χ1v) is 8.94. The molecule has 1 heterocycles. The van der Waals surface area contributed by atoms with Crippen LogP contribution in [0.3, 0.4) is 0 Å². The third-order valence-electron chi connectivity index (χ3n) is 4.60. The average molecular weight is 337 g/mol. The van der Waals surface area contributed by atoms with Crippen LogP contribution in [0.1, 0.15) is 44.6 Å². The molecule has 0 radical (unpaired) electrons. The maximum Gasteiger partial charge on any atom is 0.446 e. The summed E-state index contributed by atoms with van der Waals surface area (Å²) < 4.78 is 41.6. The summed E-state index contributed by atoms with van der Waals surface area (Å²) in [5.41, 5.74) is 1.45. The summed E-state index contributed by atoms with van der Waals surface area (Å²) in [4.78, 5) is 0. The molecule has 7 heteroatoms. The Bertz CT molecular complexity index is 775. The summed E-state index contributed by atoms with van der Waals surface area (Å²) in [6.07, 6.45) is 4.95. The quantitative estimate of drug-likeness (QED) is 0.824. The minimum Gasteiger partial charge on any atom is -0.466 e. The van der Waals surface area contributed by atoms with Gasteiger partial charge in [0, 0.05) is 11.1 Å². The molecule has 1 aromatic rings. The lowest BCUT2D eigenvalue weighted by Crippen LogP contribution is -2.33. The molecule has 2 N–H and O–H groups in total. The number of ether oxygens (including phenoxy) is 1. The van der Waals surface area contributed by atoms with Crippen molar-refractivity contribution in [3.8, 4) is 5.75 Å². The third-order valence-corrected chi connectivity index (χ3v) is 4.99. The van der Waals surface area contributed by atoms with Gasteiger partial charge in [-0.1, -0.05) is 24.6 Å². The van der Waals surface area contributed by atoms with Gasteiger partial charge >= 0.3 is 10.4 Å². The maximum atomic E-state index is 11.1. The van der Waals surface area contributed by atoms with Gasteiger partial charge < -0.3 is 8.92 Å². The van der Waals surface area contributed by atoms with Crippen molar-refractivity contribution in [2.75, 3.05) is 0 Å². The molecule has 0 unspecified atom stereocenters. The van der Waals surface area contributed by atoms with E-state index in [0.717, 1.165) is 37.7 Å². The SMILES string of the molecule is CC1=C(c2ccccc2OS(=O)(=O)O)C(=N)OC12CCCCC2. The van der Waals surface area contributed by atoms with Crippen molar-refractivity contribution in [3.63, 3.8) is 0 Å². The minimum atomic E-state index is -4.63. The van der Waals surface area contributed by atoms with Crippen LogP contribution in [0.4, 0.5) is 0 Å². The fourth-order valence-corrected chi connectivity index (χ4v) is 3.88. The van der Waals surface area contributed by atoms with Crippen molar-refractivity contribution >= 4 is 21.9 Å². The number of hydrogen-bond donors (Lipinski definition) is 2. The normalized spacial score (nSPS) is 20.7. The highest BCUT2D eigenvalue weighted by molar-refractivity contribution is 7.81. The molecule has 1 fully saturated rings. The van der Waals surface area contributed by atoms with Crippen LogP contribution in [0.25, 0.3) is 5.57 Å². The Morgan fingerprint density at radius 1 is 1.22 bits per heavy atom. The van der Waals surface area contributed by atoms with E-state index in [2.05, 4.69) is 4.18 Å². The fraction of sp³-hybridized carbons (Fsp3) is 0.438. The van der Waals surface area contributed by atoms with Crippen LogP contribution in [0, 0.1) is 5.41 Å². The lowest BCUT2D eigenvalue weighted by Gasteiger charge is -2.33. The molecule has 1 aromatic carbocycles. The molecule has 2 aliphatic rings. The Morgan fingerprint density at radius 3 is 2.52 bits per heavy atom. The molecule has 1 spiro atoms. The van der Waals surface area contributed by atoms with Crippen LogP contribution in [-0.2, 0) is 15.1 Å². The Labute approximate surface area is 135 Å². The summed E-state index contributed by atoms with van der Waals surface area (Å²) in [7, 11) is -4.63. The molecule has 0 bridgehead atoms. The van der Waals surface area contributed by atoms with Crippen molar-refractivity contribution in [1.29, 1.82) is 5.41 Å². The van der Waals surface area contributed by atoms with Crippen LogP contribution in [-0.4, -0.2) is 24.5 Å². The lowest BCUT2D eigenvalue weighted by atomic mass is 9.79. The Balaban J connectivity index is 2.09. The Morgan fingerprint density at radius 2 is 1.87 bits per heavy atom. The van der Waals surface area contributed by atoms with Gasteiger partial charge in [0.05, 0.1) is 0 Å². The zero-order valence-electron chi connectivity index (χ0n) is 12.8. The summed E-state index contributed by atoms with van der Waals surface area (Å²) in [6.45, 7) is 1.92. The van der Waals surface area contributed by atoms with Crippen molar-refractivity contribution in [3.05, 3.63) is 35.4 Å². The van der Waals surface area contributed by atoms with Crippen LogP contribution in [0.2, 0.25) is 0 Å². The molecule has 0 saturated heterocycles. The number of para-hydroxylation sites is 1. The second-order valence-corrected chi connectivity index (χ2v) is 7.02. The number of rotatable bonds is 3. The van der Waals surface area contributed by atoms with Gasteiger partial charge in [0.25, 0.3) is 0 Å². The van der Waals surface area contributed by atoms with Crippen LogP contribution >= 0.6 is 0 Å². The molecule has 0 atom stereocenters. The van der Waals surface area contributed by atoms with E-state index in [1.807, 2.05) is 6.92 Å². The van der Waals surface area contributed by atoms with E-state index in [1.54, 1.807) is 18.2 Å². The highest BCUT2D eigenvalue weighted by Gasteiger charge is 2.45. The fourth-order valence-electron chi connectivity index (χ4n) is 3.50. The van der Waals surface area contributed by atoms with Gasteiger partial charge in [-0.25, -0.2) is 0 Å². The van der Waals surface area contributed by atoms with Gasteiger partial charge in [-0.15, -0.1) is 0 Å². The van der Waals surface area contributed by atoms with E-state index in [9.17, 15) is 8.42 Å². The standard InChI is InChI=1S/C16H19NO5S/c1-11-14(15(17)21-16(11)9-5-2-6-10-16)12-7-3-4-8-13(12)22-23(18,19)20/h3-4,7-8,17H,2,5-6,9-10H2,1H3,(H,18,19,20). The second-order valence-electron chi connectivity index (χ2n) is 5.99. The highest BCUT2D eigenvalue weighted by Crippen LogP contribution is 2.47. The zero-order valence-corrected chi connectivity index (χ0v) is 13.6. The number of hydrogen-bond acceptors (Lipinski definition) is 5. The van der Waals surface area contributed by atoms with E-state index in [4.69, 9.17) is 14.7 Å². The van der Waals surface area contributed by atoms with Crippen LogP contribution in [0.15, 0.2) is 29.8 Å². The molecule has 0 amide bonds. The Hall–Kier alpha value is -1.86. The summed E-state index contributed by atoms with van der Waals surface area (Å²) in [5.74, 6) is 0.0151. The van der Waals surface area contributed by atoms with Crippen molar-refractivity contribution in [1.82, 2.24) is 0 Å². The molecule has 1 aliphatic heterocycles. The molecular weight excluding hydrogens is 318 g/mol. The molecular formula is C16H19NO5S. The minimum absolute atomic E-state index is 0.00874. The first-order chi connectivity index (χ1) is 10.8. The van der Waals surface area contributed by atoms with E-state index in [1.165, 1.54) is 6.07 Å². The first-order valence-electron chi connectivity index (χ1n) is 7.58. The number of nitrogens with one attached hydrogen (secondary N) is 1. The smallest absolute Gasteiger partial charge is 0.446 e. The predicted molar refractivity (Wildman–Crippen MR) is 85.8 cm³/mol. The molecule has 3 rings (SSSR count). The molecule has 23 heavy (non-hydrogen) atoms. The summed E-state index contributed by atoms with van der Waals surface area (Å²) in [5, 5.41) is 8.22. The van der Waals surface area contributed by atoms with Gasteiger partial charge in [0.1, 0.15) is 5.60 Å². The molecule has 0 aromatic heterocycles. The first kappa shape index (κ1) is 16.0. The van der Waals surface area contributed by atoms with E-state index in [-0.39, 0.29) is 11.6 Å². The lowest BCUT2D eigenvalue weighted by molar-refractivity contribution is 0.0649. The average Bonchev–Trinajstić information content (AvgIpc) is 2.70. The Kier molecular flexibility index (Phi) is 3.93. The summed E-state index contributed by atoms with van der Waals surface area (Å²) >= 11 is 0. The molecule has 1 aliphatic carbocycles. The predicted octanol–water partition coefficient (Wildman–Crippen LogP) is 3.35. The van der Waals surface area contributed by atoms with E-state index < -0.39 is 16.0 Å². The van der Waals surface area contributed by atoms with Gasteiger partial charge in [0.15, 0.2) is 5.75 Å². The largest absolute Gasteiger partial charge is 0.466 e. The van der Waals surface area contributed by atoms with Crippen LogP contribution < -0.4 is 4.18 Å². The van der Waals surface area contributed by atoms with Gasteiger partial charge in [-0.3, -0.25) is 9.96 Å². The number of benzene rings is 1. The highest BCUT2D eigenvalue weighted by atomic mass is 32.3. The van der Waals surface area contributed by atoms with E-state index in [0.29, 0.717) is 11.1 Å². The maximum absolute atomic E-state index is 11.1. The van der Waals surface area contributed by atoms with Gasteiger partial charge in [-0.2, -0.15) is 8.42 Å². The van der Waals surface area contributed by atoms with Crippen molar-refractivity contribution < 1.29 is 21.9 Å². The molecule has 6 nitrogen and oxygen atoms in total. The van der Waals surface area contributed by atoms with E-state index >= 15 is 0 Å². The molecule has 1 saturated carbocycles. The summed E-state index contributed by atoms with van der Waals surface area (Å²) in [6, 6.07) is 6.45. The van der Waals surface area contributed by atoms with Crippen molar-refractivity contribution in [2.24, 2.45) is 0 Å². The molecule has 124 valence electrons. The van der Waals surface area contributed by atoms with Gasteiger partial charge in [-0.05, 0) is 44.2 Å². The van der Waals surface area contributed by atoms with Crippen molar-refractivity contribution in [2.45, 2.75) is 44.6 Å². The van der Waals surface area contributed by atoms with Crippen LogP contribution in [0.5, 0.6) is 5.75 Å². The topological polar surface area (TPSA) is 96.7 Å². The second kappa shape index (κ2) is 5.65. The monoisotopic (exact) mass is 337 g/mol. The third kappa shape index (κ3) is 2.98. The van der Waals surface area contributed by atoms with Gasteiger partial charge in [0.2, 0.25) is 5.90 Å².